The van der Waals surface area contributed by atoms with Gasteiger partial charge in [0.15, 0.2) is 0 Å². The number of hydrogen-bond acceptors (Lipinski definition) is 2. The quantitative estimate of drug-likeness (QED) is 0.210. The van der Waals surface area contributed by atoms with E-state index >= 15 is 0 Å². The number of anilines is 2. The molecule has 1 heterocycles. The third-order valence-corrected chi connectivity index (χ3v) is 8.78. The zero-order chi connectivity index (χ0) is 30.0. The number of fused-ring (bicyclic) bond motifs is 3. The molecule has 0 bridgehead atoms. The van der Waals surface area contributed by atoms with Crippen LogP contribution in [-0.2, 0) is 0 Å². The van der Waals surface area contributed by atoms with Gasteiger partial charge in [-0.05, 0) is 92.6 Å². The first kappa shape index (κ1) is 26.9. The monoisotopic (exact) mass is 576 g/mol. The SMILES string of the molecule is C1=CC2N=C(c3ccccc3)C=C(c3ccccc3)C2c2cc(-c3cccc(-c4cccc(Nc5ccccc5)c4)c3)ccc21. The van der Waals surface area contributed by atoms with Crippen LogP contribution in [0.2, 0.25) is 0 Å². The molecule has 0 radical (unpaired) electrons. The van der Waals surface area contributed by atoms with Crippen molar-refractivity contribution in [3.63, 3.8) is 0 Å². The predicted molar refractivity (Wildman–Crippen MR) is 190 cm³/mol. The van der Waals surface area contributed by atoms with Gasteiger partial charge in [0, 0.05) is 17.3 Å². The fourth-order valence-corrected chi connectivity index (χ4v) is 6.58. The molecule has 0 saturated carbocycles. The molecule has 2 nitrogen and oxygen atoms in total. The van der Waals surface area contributed by atoms with Crippen molar-refractivity contribution in [3.05, 3.63) is 192 Å². The zero-order valence-corrected chi connectivity index (χ0v) is 24.8. The Morgan fingerprint density at radius 3 is 1.78 bits per heavy atom. The molecule has 2 heteroatoms. The summed E-state index contributed by atoms with van der Waals surface area (Å²) in [5.74, 6) is 0.142. The number of allylic oxidation sites excluding steroid dienone is 1. The maximum Gasteiger partial charge on any atom is 0.0800 e. The first-order chi connectivity index (χ1) is 22.3. The summed E-state index contributed by atoms with van der Waals surface area (Å²) in [5, 5.41) is 3.53. The number of nitrogens with zero attached hydrogens (tertiary/aromatic N) is 1. The van der Waals surface area contributed by atoms with E-state index in [-0.39, 0.29) is 12.0 Å². The highest BCUT2D eigenvalue weighted by Gasteiger charge is 2.33. The minimum atomic E-state index is 0.0364. The molecule has 6 aromatic carbocycles. The van der Waals surface area contributed by atoms with Gasteiger partial charge in [-0.2, -0.15) is 0 Å². The van der Waals surface area contributed by atoms with E-state index in [1.54, 1.807) is 0 Å². The molecule has 1 aliphatic carbocycles. The summed E-state index contributed by atoms with van der Waals surface area (Å²) >= 11 is 0. The average molecular weight is 577 g/mol. The normalized spacial score (nSPS) is 16.6. The number of dihydropyridines is 1. The topological polar surface area (TPSA) is 24.4 Å². The van der Waals surface area contributed by atoms with Crippen molar-refractivity contribution in [3.8, 4) is 22.3 Å². The van der Waals surface area contributed by atoms with Gasteiger partial charge in [0.25, 0.3) is 0 Å². The Morgan fingerprint density at radius 1 is 0.467 bits per heavy atom. The van der Waals surface area contributed by atoms with Gasteiger partial charge in [-0.15, -0.1) is 0 Å². The van der Waals surface area contributed by atoms with Crippen molar-refractivity contribution < 1.29 is 0 Å². The predicted octanol–water partition coefficient (Wildman–Crippen LogP) is 10.8. The lowest BCUT2D eigenvalue weighted by atomic mass is 9.74. The second kappa shape index (κ2) is 11.7. The molecule has 0 saturated heterocycles. The largest absolute Gasteiger partial charge is 0.356 e. The van der Waals surface area contributed by atoms with E-state index in [0.717, 1.165) is 22.6 Å². The molecule has 45 heavy (non-hydrogen) atoms. The summed E-state index contributed by atoms with van der Waals surface area (Å²) in [6, 6.07) is 56.1. The van der Waals surface area contributed by atoms with Gasteiger partial charge in [-0.25, -0.2) is 0 Å². The van der Waals surface area contributed by atoms with Crippen molar-refractivity contribution >= 4 is 28.7 Å². The Hall–Kier alpha value is -5.73. The van der Waals surface area contributed by atoms with E-state index in [2.05, 4.69) is 163 Å². The fourth-order valence-electron chi connectivity index (χ4n) is 6.58. The van der Waals surface area contributed by atoms with E-state index in [1.165, 1.54) is 44.5 Å². The maximum absolute atomic E-state index is 5.29. The van der Waals surface area contributed by atoms with Gasteiger partial charge < -0.3 is 5.32 Å². The third-order valence-electron chi connectivity index (χ3n) is 8.78. The molecule has 0 fully saturated rings. The van der Waals surface area contributed by atoms with Crippen LogP contribution in [0.5, 0.6) is 0 Å². The molecule has 0 aromatic heterocycles. The molecule has 8 rings (SSSR count). The molecule has 1 N–H and O–H groups in total. The van der Waals surface area contributed by atoms with E-state index < -0.39 is 0 Å². The van der Waals surface area contributed by atoms with Crippen molar-refractivity contribution in [1.29, 1.82) is 0 Å². The highest BCUT2D eigenvalue weighted by atomic mass is 14.9. The van der Waals surface area contributed by atoms with Gasteiger partial charge in [-0.3, -0.25) is 4.99 Å². The lowest BCUT2D eigenvalue weighted by molar-refractivity contribution is 0.724. The van der Waals surface area contributed by atoms with Crippen molar-refractivity contribution in [2.45, 2.75) is 12.0 Å². The summed E-state index contributed by atoms with van der Waals surface area (Å²) in [7, 11) is 0. The molecular weight excluding hydrogens is 544 g/mol. The zero-order valence-electron chi connectivity index (χ0n) is 24.8. The summed E-state index contributed by atoms with van der Waals surface area (Å²) in [4.78, 5) is 5.29. The lowest BCUT2D eigenvalue weighted by Gasteiger charge is -2.34. The molecule has 6 aromatic rings. The van der Waals surface area contributed by atoms with E-state index in [0.29, 0.717) is 0 Å². The van der Waals surface area contributed by atoms with E-state index in [4.69, 9.17) is 4.99 Å². The summed E-state index contributed by atoms with van der Waals surface area (Å²) in [6.45, 7) is 0. The van der Waals surface area contributed by atoms with Crippen molar-refractivity contribution in [1.82, 2.24) is 0 Å². The van der Waals surface area contributed by atoms with Crippen LogP contribution >= 0.6 is 0 Å². The molecule has 2 unspecified atom stereocenters. The Bertz CT molecular complexity index is 2070. The van der Waals surface area contributed by atoms with E-state index in [1.807, 2.05) is 18.2 Å². The van der Waals surface area contributed by atoms with Gasteiger partial charge in [-0.1, -0.05) is 133 Å². The first-order valence-corrected chi connectivity index (χ1v) is 15.5. The Labute approximate surface area is 264 Å². The standard InChI is InChI=1S/C43H32N2/c1-4-12-30(13-5-1)40-29-42(32-14-6-2-7-15-32)45-41-25-24-31-22-23-36(28-39(31)43(40)41)34-17-10-16-33(26-34)35-18-11-21-38(27-35)44-37-19-8-3-9-20-37/h1-29,41,43-44H. The van der Waals surface area contributed by atoms with Crippen LogP contribution in [-0.4, -0.2) is 11.8 Å². The molecule has 2 atom stereocenters. The van der Waals surface area contributed by atoms with Crippen LogP contribution in [0.1, 0.15) is 28.2 Å². The smallest absolute Gasteiger partial charge is 0.0800 e. The number of hydrogen-bond donors (Lipinski definition) is 1. The van der Waals surface area contributed by atoms with Gasteiger partial charge in [0.2, 0.25) is 0 Å². The number of nitrogens with one attached hydrogen (secondary N) is 1. The average Bonchev–Trinajstić information content (AvgIpc) is 3.12. The number of aliphatic imine (C=N–C) groups is 1. The van der Waals surface area contributed by atoms with Crippen LogP contribution < -0.4 is 5.32 Å². The van der Waals surface area contributed by atoms with Gasteiger partial charge >= 0.3 is 0 Å². The van der Waals surface area contributed by atoms with Crippen LogP contribution in [0.4, 0.5) is 11.4 Å². The Kier molecular flexibility index (Phi) is 7.01. The fraction of sp³-hybridized carbons (Fsp3) is 0.0465. The molecular formula is C43H32N2. The summed E-state index contributed by atoms with van der Waals surface area (Å²) < 4.78 is 0. The van der Waals surface area contributed by atoms with Crippen molar-refractivity contribution in [2.24, 2.45) is 4.99 Å². The lowest BCUT2D eigenvalue weighted by Crippen LogP contribution is -2.25. The van der Waals surface area contributed by atoms with Crippen molar-refractivity contribution in [2.75, 3.05) is 5.32 Å². The summed E-state index contributed by atoms with van der Waals surface area (Å²) in [5.41, 5.74) is 14.3. The van der Waals surface area contributed by atoms with Crippen LogP contribution in [0, 0.1) is 0 Å². The molecule has 0 spiro atoms. The Balaban J connectivity index is 1.16. The van der Waals surface area contributed by atoms with Crippen LogP contribution in [0.25, 0.3) is 33.9 Å². The first-order valence-electron chi connectivity index (χ1n) is 15.5. The van der Waals surface area contributed by atoms with Crippen LogP contribution in [0.3, 0.4) is 0 Å². The highest BCUT2D eigenvalue weighted by Crippen LogP contribution is 2.45. The molecule has 0 amide bonds. The minimum absolute atomic E-state index is 0.0364. The van der Waals surface area contributed by atoms with Gasteiger partial charge in [0.05, 0.1) is 11.8 Å². The number of rotatable bonds is 6. The molecule has 1 aliphatic heterocycles. The Morgan fingerprint density at radius 2 is 1.04 bits per heavy atom. The second-order valence-electron chi connectivity index (χ2n) is 11.7. The number of para-hydroxylation sites is 1. The van der Waals surface area contributed by atoms with E-state index in [9.17, 15) is 0 Å². The maximum atomic E-state index is 5.29. The molecule has 2 aliphatic rings. The third kappa shape index (κ3) is 5.43. The molecule has 214 valence electrons. The van der Waals surface area contributed by atoms with Crippen LogP contribution in [0.15, 0.2) is 175 Å². The minimum Gasteiger partial charge on any atom is -0.356 e. The highest BCUT2D eigenvalue weighted by molar-refractivity contribution is 6.14. The van der Waals surface area contributed by atoms with Gasteiger partial charge in [0.1, 0.15) is 0 Å². The number of benzene rings is 6. The second-order valence-corrected chi connectivity index (χ2v) is 11.7. The summed E-state index contributed by atoms with van der Waals surface area (Å²) in [6.07, 6.45) is 6.84.